The summed E-state index contributed by atoms with van der Waals surface area (Å²) in [4.78, 5) is 4.60. The van der Waals surface area contributed by atoms with Gasteiger partial charge in [0.25, 0.3) is 0 Å². The zero-order chi connectivity index (χ0) is 39.8. The highest BCUT2D eigenvalue weighted by Gasteiger charge is 2.13. The molecule has 9 aromatic carbocycles. The van der Waals surface area contributed by atoms with Crippen LogP contribution in [0.5, 0.6) is 0 Å². The first-order chi connectivity index (χ1) is 29.2. The third-order valence-electron chi connectivity index (χ3n) is 10.7. The molecule has 0 aliphatic heterocycles. The smallest absolute Gasteiger partial charge is 0.100 e. The molecule has 0 aliphatic carbocycles. The van der Waals surface area contributed by atoms with Gasteiger partial charge in [0.15, 0.2) is 0 Å². The summed E-state index contributed by atoms with van der Waals surface area (Å²) in [5.74, 6) is 0. The molecule has 0 saturated heterocycles. The Kier molecular flexibility index (Phi) is 10.6. The van der Waals surface area contributed by atoms with Crippen molar-refractivity contribution in [1.82, 2.24) is 0 Å². The lowest BCUT2D eigenvalue weighted by atomic mass is 9.94. The zero-order valence-electron chi connectivity index (χ0n) is 32.6. The Labute approximate surface area is 346 Å². The van der Waals surface area contributed by atoms with Crippen LogP contribution in [0.25, 0.3) is 45.8 Å². The van der Waals surface area contributed by atoms with Crippen molar-refractivity contribution in [2.75, 3.05) is 9.80 Å². The lowest BCUT2D eigenvalue weighted by Gasteiger charge is -2.25. The van der Waals surface area contributed by atoms with Crippen molar-refractivity contribution in [3.8, 4) is 6.07 Å². The summed E-state index contributed by atoms with van der Waals surface area (Å²) in [5.41, 5.74) is 11.9. The number of hydrogen-bond acceptors (Lipinski definition) is 3. The Hall–Kier alpha value is -7.93. The van der Waals surface area contributed by atoms with Crippen molar-refractivity contribution in [2.24, 2.45) is 0 Å². The average Bonchev–Trinajstić information content (AvgIpc) is 3.30. The Morgan fingerprint density at radius 1 is 0.373 bits per heavy atom. The largest absolute Gasteiger partial charge is 0.337 e. The highest BCUT2D eigenvalue weighted by molar-refractivity contribution is 6.05. The quantitative estimate of drug-likeness (QED) is 0.0973. The van der Waals surface area contributed by atoms with Crippen molar-refractivity contribution in [2.45, 2.75) is 6.54 Å². The van der Waals surface area contributed by atoms with E-state index in [4.69, 9.17) is 0 Å². The van der Waals surface area contributed by atoms with Crippen molar-refractivity contribution >= 4 is 74.3 Å². The minimum Gasteiger partial charge on any atom is -0.337 e. The Morgan fingerprint density at radius 3 is 1.39 bits per heavy atom. The van der Waals surface area contributed by atoms with E-state index in [2.05, 4.69) is 240 Å². The molecule has 0 spiro atoms. The molecule has 0 radical (unpaired) electrons. The molecule has 0 heterocycles. The second kappa shape index (κ2) is 17.1. The lowest BCUT2D eigenvalue weighted by molar-refractivity contribution is 0.975. The van der Waals surface area contributed by atoms with E-state index in [0.717, 1.165) is 78.8 Å². The number of benzene rings is 9. The van der Waals surface area contributed by atoms with E-state index < -0.39 is 0 Å². The van der Waals surface area contributed by atoms with E-state index in [1.54, 1.807) is 0 Å². The standard InChI is InChI=1S/C56H41N3/c57-40-56-54-36-30-44(23-21-43-28-34-53(35-29-43)59(51-17-9-3-10-18-51)52-19-11-4-12-20-52)37-48(54)39-47-31-25-45(38-55(47)56)24-22-42-26-32-50(33-27-42)58(49-15-7-2-8-16-49)41-46-13-5-1-6-14-46/h1-39H,41H2/b23-21-,24-22-. The van der Waals surface area contributed by atoms with Crippen LogP contribution in [0, 0.1) is 11.3 Å². The summed E-state index contributed by atoms with van der Waals surface area (Å²) in [6.07, 6.45) is 8.54. The molecule has 0 aliphatic rings. The molecule has 0 saturated carbocycles. The normalized spacial score (nSPS) is 11.3. The molecule has 0 N–H and O–H groups in total. The maximum atomic E-state index is 10.4. The number of nitriles is 1. The fourth-order valence-electron chi connectivity index (χ4n) is 7.68. The second-order valence-electron chi connectivity index (χ2n) is 14.6. The molecule has 280 valence electrons. The number of para-hydroxylation sites is 3. The van der Waals surface area contributed by atoms with E-state index in [9.17, 15) is 5.26 Å². The molecule has 3 heteroatoms. The first-order valence-corrected chi connectivity index (χ1v) is 19.9. The fraction of sp³-hybridized carbons (Fsp3) is 0.0179. The summed E-state index contributed by atoms with van der Waals surface area (Å²) in [7, 11) is 0. The molecule has 9 aromatic rings. The minimum absolute atomic E-state index is 0.698. The van der Waals surface area contributed by atoms with Crippen LogP contribution in [0.2, 0.25) is 0 Å². The van der Waals surface area contributed by atoms with Crippen LogP contribution in [0.3, 0.4) is 0 Å². The van der Waals surface area contributed by atoms with Crippen molar-refractivity contribution in [3.63, 3.8) is 0 Å². The van der Waals surface area contributed by atoms with Gasteiger partial charge >= 0.3 is 0 Å². The van der Waals surface area contributed by atoms with Gasteiger partial charge in [-0.25, -0.2) is 0 Å². The van der Waals surface area contributed by atoms with E-state index >= 15 is 0 Å². The van der Waals surface area contributed by atoms with E-state index in [-0.39, 0.29) is 0 Å². The maximum absolute atomic E-state index is 10.4. The first kappa shape index (κ1) is 36.7. The predicted octanol–water partition coefficient (Wildman–Crippen LogP) is 15.0. The van der Waals surface area contributed by atoms with Gasteiger partial charge in [-0.05, 0) is 117 Å². The van der Waals surface area contributed by atoms with Crippen molar-refractivity contribution in [1.29, 1.82) is 5.26 Å². The average molecular weight is 756 g/mol. The lowest BCUT2D eigenvalue weighted by Crippen LogP contribution is -2.16. The van der Waals surface area contributed by atoms with E-state index in [1.165, 1.54) is 5.56 Å². The molecule has 0 amide bonds. The van der Waals surface area contributed by atoms with Crippen molar-refractivity contribution < 1.29 is 0 Å². The summed E-state index contributed by atoms with van der Waals surface area (Å²) >= 11 is 0. The van der Waals surface area contributed by atoms with Crippen LogP contribution in [0.1, 0.15) is 33.4 Å². The van der Waals surface area contributed by atoms with Gasteiger partial charge in [-0.15, -0.1) is 0 Å². The predicted molar refractivity (Wildman–Crippen MR) is 250 cm³/mol. The number of hydrogen-bond donors (Lipinski definition) is 0. The van der Waals surface area contributed by atoms with Gasteiger partial charge < -0.3 is 9.80 Å². The van der Waals surface area contributed by atoms with E-state index in [1.807, 2.05) is 12.1 Å². The topological polar surface area (TPSA) is 30.3 Å². The fourth-order valence-corrected chi connectivity index (χ4v) is 7.68. The van der Waals surface area contributed by atoms with E-state index in [0.29, 0.717) is 5.56 Å². The maximum Gasteiger partial charge on any atom is 0.100 e. The number of anilines is 5. The third kappa shape index (κ3) is 8.30. The van der Waals surface area contributed by atoms with Gasteiger partial charge in [0.1, 0.15) is 6.07 Å². The summed E-state index contributed by atoms with van der Waals surface area (Å²) < 4.78 is 0. The van der Waals surface area contributed by atoms with Gasteiger partial charge in [0.2, 0.25) is 0 Å². The Balaban J connectivity index is 0.928. The van der Waals surface area contributed by atoms with Crippen molar-refractivity contribution in [3.05, 3.63) is 246 Å². The molecule has 0 unspecified atom stereocenters. The minimum atomic E-state index is 0.698. The Bertz CT molecular complexity index is 2890. The van der Waals surface area contributed by atoms with Gasteiger partial charge in [-0.3, -0.25) is 0 Å². The summed E-state index contributed by atoms with van der Waals surface area (Å²) in [5, 5.41) is 14.4. The zero-order valence-corrected chi connectivity index (χ0v) is 32.6. The van der Waals surface area contributed by atoms with Crippen LogP contribution in [-0.4, -0.2) is 0 Å². The van der Waals surface area contributed by atoms with Crippen LogP contribution in [0.4, 0.5) is 28.4 Å². The molecular formula is C56H41N3. The molecule has 0 fully saturated rings. The SMILES string of the molecule is N#Cc1c2ccc(/C=C\c3ccc(N(c4ccccc4)c4ccccc4)cc3)cc2cc2ccc(/C=C\c3ccc(N(Cc4ccccc4)c4ccccc4)cc3)cc12. The number of fused-ring (bicyclic) bond motifs is 2. The van der Waals surface area contributed by atoms with Gasteiger partial charge in [0.05, 0.1) is 5.56 Å². The number of rotatable bonds is 11. The first-order valence-electron chi connectivity index (χ1n) is 19.9. The third-order valence-corrected chi connectivity index (χ3v) is 10.7. The van der Waals surface area contributed by atoms with Gasteiger partial charge in [-0.2, -0.15) is 5.26 Å². The highest BCUT2D eigenvalue weighted by Crippen LogP contribution is 2.35. The second-order valence-corrected chi connectivity index (χ2v) is 14.6. The van der Waals surface area contributed by atoms with Crippen LogP contribution in [0.15, 0.2) is 212 Å². The molecule has 0 atom stereocenters. The van der Waals surface area contributed by atoms with Gasteiger partial charge in [-0.1, -0.05) is 158 Å². The number of nitrogens with zero attached hydrogens (tertiary/aromatic N) is 3. The molecular weight excluding hydrogens is 715 g/mol. The molecule has 9 rings (SSSR count). The Morgan fingerprint density at radius 2 is 0.814 bits per heavy atom. The summed E-state index contributed by atoms with van der Waals surface area (Å²) in [6.45, 7) is 0.782. The van der Waals surface area contributed by atoms with Gasteiger partial charge in [0, 0.05) is 45.8 Å². The van der Waals surface area contributed by atoms with Crippen LogP contribution < -0.4 is 9.80 Å². The molecule has 59 heavy (non-hydrogen) atoms. The van der Waals surface area contributed by atoms with Crippen LogP contribution >= 0.6 is 0 Å². The molecule has 0 bridgehead atoms. The summed E-state index contributed by atoms with van der Waals surface area (Å²) in [6, 6.07) is 76.7. The van der Waals surface area contributed by atoms with Crippen LogP contribution in [-0.2, 0) is 6.54 Å². The molecule has 3 nitrogen and oxygen atoms in total. The highest BCUT2D eigenvalue weighted by atomic mass is 15.1. The molecule has 0 aromatic heterocycles. The monoisotopic (exact) mass is 755 g/mol.